The minimum absolute atomic E-state index is 0.130. The Morgan fingerprint density at radius 2 is 2.32 bits per heavy atom. The highest BCUT2D eigenvalue weighted by molar-refractivity contribution is 5.93. The molecule has 0 saturated carbocycles. The van der Waals surface area contributed by atoms with E-state index in [1.54, 1.807) is 24.7 Å². The van der Waals surface area contributed by atoms with E-state index in [1.165, 1.54) is 0 Å². The summed E-state index contributed by atoms with van der Waals surface area (Å²) in [5.41, 5.74) is 7.89. The molecule has 100 valence electrons. The van der Waals surface area contributed by atoms with Gasteiger partial charge in [-0.3, -0.25) is 9.78 Å². The van der Waals surface area contributed by atoms with Crippen molar-refractivity contribution >= 4 is 11.6 Å². The number of rotatable bonds is 4. The maximum atomic E-state index is 12.1. The van der Waals surface area contributed by atoms with E-state index in [9.17, 15) is 4.79 Å². The van der Waals surface area contributed by atoms with Crippen LogP contribution in [0.4, 0.5) is 5.69 Å². The lowest BCUT2D eigenvalue weighted by atomic mass is 10.2. The van der Waals surface area contributed by atoms with Crippen molar-refractivity contribution in [2.75, 3.05) is 5.73 Å². The Hall–Kier alpha value is -2.30. The summed E-state index contributed by atoms with van der Waals surface area (Å²) in [5.74, 6) is -0.130. The summed E-state index contributed by atoms with van der Waals surface area (Å²) in [6.45, 7) is 4.48. The van der Waals surface area contributed by atoms with Crippen molar-refractivity contribution in [3.05, 3.63) is 48.0 Å². The molecule has 0 atom stereocenters. The van der Waals surface area contributed by atoms with Crippen LogP contribution in [0.15, 0.2) is 36.8 Å². The molecule has 0 aliphatic heterocycles. The normalized spacial score (nSPS) is 10.7. The molecule has 1 amide bonds. The number of carbonyl (C=O) groups excluding carboxylic acids is 1. The predicted molar refractivity (Wildman–Crippen MR) is 74.6 cm³/mol. The minimum Gasteiger partial charge on any atom is -0.397 e. The number of nitrogens with zero attached hydrogens (tertiary/aromatic N) is 2. The summed E-state index contributed by atoms with van der Waals surface area (Å²) in [6.07, 6.45) is 5.22. The first-order valence-electron chi connectivity index (χ1n) is 6.22. The van der Waals surface area contributed by atoms with Crippen LogP contribution in [0, 0.1) is 0 Å². The first-order chi connectivity index (χ1) is 9.08. The van der Waals surface area contributed by atoms with Crippen molar-refractivity contribution in [1.29, 1.82) is 0 Å². The number of carbonyl (C=O) groups is 1. The molecular formula is C14H18N4O. The van der Waals surface area contributed by atoms with Gasteiger partial charge in [-0.2, -0.15) is 0 Å². The quantitative estimate of drug-likeness (QED) is 0.880. The van der Waals surface area contributed by atoms with Gasteiger partial charge in [0.15, 0.2) is 0 Å². The van der Waals surface area contributed by atoms with E-state index in [1.807, 2.05) is 30.5 Å². The zero-order chi connectivity index (χ0) is 13.8. The zero-order valence-corrected chi connectivity index (χ0v) is 11.1. The summed E-state index contributed by atoms with van der Waals surface area (Å²) in [4.78, 5) is 16.2. The number of nitrogen functional groups attached to an aromatic ring is 1. The molecule has 19 heavy (non-hydrogen) atoms. The van der Waals surface area contributed by atoms with Crippen LogP contribution in [0.2, 0.25) is 0 Å². The first-order valence-corrected chi connectivity index (χ1v) is 6.22. The van der Waals surface area contributed by atoms with Crippen molar-refractivity contribution in [2.45, 2.75) is 26.4 Å². The second-order valence-electron chi connectivity index (χ2n) is 4.70. The molecule has 2 aromatic rings. The van der Waals surface area contributed by atoms with Crippen LogP contribution < -0.4 is 11.1 Å². The molecule has 0 spiro atoms. The van der Waals surface area contributed by atoms with Gasteiger partial charge in [0.05, 0.1) is 5.69 Å². The van der Waals surface area contributed by atoms with E-state index in [4.69, 9.17) is 5.73 Å². The van der Waals surface area contributed by atoms with Crippen molar-refractivity contribution in [1.82, 2.24) is 14.9 Å². The highest BCUT2D eigenvalue weighted by Gasteiger charge is 2.14. The van der Waals surface area contributed by atoms with Gasteiger partial charge in [0.1, 0.15) is 5.69 Å². The third-order valence-corrected chi connectivity index (χ3v) is 2.83. The van der Waals surface area contributed by atoms with Gasteiger partial charge in [0, 0.05) is 31.2 Å². The smallest absolute Gasteiger partial charge is 0.268 e. The maximum Gasteiger partial charge on any atom is 0.268 e. The van der Waals surface area contributed by atoms with Crippen LogP contribution >= 0.6 is 0 Å². The Morgan fingerprint density at radius 3 is 2.95 bits per heavy atom. The van der Waals surface area contributed by atoms with Crippen molar-refractivity contribution in [3.63, 3.8) is 0 Å². The highest BCUT2D eigenvalue weighted by Crippen LogP contribution is 2.16. The molecule has 3 N–H and O–H groups in total. The van der Waals surface area contributed by atoms with Crippen LogP contribution in [0.3, 0.4) is 0 Å². The maximum absolute atomic E-state index is 12.1. The van der Waals surface area contributed by atoms with E-state index in [2.05, 4.69) is 10.3 Å². The predicted octanol–water partition coefficient (Wildman–Crippen LogP) is 1.98. The number of nitrogens with one attached hydrogen (secondary N) is 1. The molecule has 0 bridgehead atoms. The Kier molecular flexibility index (Phi) is 3.85. The number of anilines is 1. The summed E-state index contributed by atoms with van der Waals surface area (Å²) in [6, 6.07) is 5.65. The van der Waals surface area contributed by atoms with Gasteiger partial charge in [-0.05, 0) is 31.5 Å². The van der Waals surface area contributed by atoms with Crippen molar-refractivity contribution in [2.24, 2.45) is 0 Å². The Balaban J connectivity index is 2.08. The molecule has 2 aromatic heterocycles. The minimum atomic E-state index is -0.130. The Bertz CT molecular complexity index is 560. The lowest BCUT2D eigenvalue weighted by Gasteiger charge is -2.12. The van der Waals surface area contributed by atoms with E-state index in [0.717, 1.165) is 5.56 Å². The fourth-order valence-corrected chi connectivity index (χ4v) is 1.89. The molecule has 5 nitrogen and oxygen atoms in total. The molecule has 2 heterocycles. The highest BCUT2D eigenvalue weighted by atomic mass is 16.1. The lowest BCUT2D eigenvalue weighted by Crippen LogP contribution is -2.25. The molecule has 0 aliphatic rings. The zero-order valence-electron chi connectivity index (χ0n) is 11.1. The standard InChI is InChI=1S/C14H18N4O/c1-10(2)18-9-12(15)6-13(18)14(19)17-8-11-4-3-5-16-7-11/h3-7,9-10H,8,15H2,1-2H3,(H,17,19). The van der Waals surface area contributed by atoms with Gasteiger partial charge in [0.25, 0.3) is 5.91 Å². The van der Waals surface area contributed by atoms with E-state index < -0.39 is 0 Å². The molecular weight excluding hydrogens is 240 g/mol. The SMILES string of the molecule is CC(C)n1cc(N)cc1C(=O)NCc1cccnc1. The largest absolute Gasteiger partial charge is 0.397 e. The number of aromatic nitrogens is 2. The first kappa shape index (κ1) is 13.1. The third-order valence-electron chi connectivity index (χ3n) is 2.83. The molecule has 0 unspecified atom stereocenters. The Labute approximate surface area is 112 Å². The van der Waals surface area contributed by atoms with E-state index in [-0.39, 0.29) is 11.9 Å². The molecule has 5 heteroatoms. The summed E-state index contributed by atoms with van der Waals surface area (Å²) in [7, 11) is 0. The van der Waals surface area contributed by atoms with Crippen LogP contribution in [0.5, 0.6) is 0 Å². The topological polar surface area (TPSA) is 72.9 Å². The van der Waals surface area contributed by atoms with Crippen molar-refractivity contribution < 1.29 is 4.79 Å². The van der Waals surface area contributed by atoms with Gasteiger partial charge in [0.2, 0.25) is 0 Å². The molecule has 0 aliphatic carbocycles. The molecule has 0 aromatic carbocycles. The molecule has 2 rings (SSSR count). The molecule has 0 fully saturated rings. The average molecular weight is 258 g/mol. The van der Waals surface area contributed by atoms with Crippen LogP contribution in [0.25, 0.3) is 0 Å². The van der Waals surface area contributed by atoms with Gasteiger partial charge >= 0.3 is 0 Å². The van der Waals surface area contributed by atoms with Crippen LogP contribution in [0.1, 0.15) is 35.9 Å². The van der Waals surface area contributed by atoms with Gasteiger partial charge in [-0.1, -0.05) is 6.07 Å². The Morgan fingerprint density at radius 1 is 1.53 bits per heavy atom. The summed E-state index contributed by atoms with van der Waals surface area (Å²) in [5, 5.41) is 2.87. The van der Waals surface area contributed by atoms with E-state index in [0.29, 0.717) is 17.9 Å². The number of hydrogen-bond acceptors (Lipinski definition) is 3. The molecule has 0 saturated heterocycles. The number of hydrogen-bond donors (Lipinski definition) is 2. The number of amides is 1. The van der Waals surface area contributed by atoms with Gasteiger partial charge < -0.3 is 15.6 Å². The fraction of sp³-hybridized carbons (Fsp3) is 0.286. The number of nitrogens with two attached hydrogens (primary N) is 1. The second-order valence-corrected chi connectivity index (χ2v) is 4.70. The third kappa shape index (κ3) is 3.13. The fourth-order valence-electron chi connectivity index (χ4n) is 1.89. The average Bonchev–Trinajstić information content (AvgIpc) is 2.79. The lowest BCUT2D eigenvalue weighted by molar-refractivity contribution is 0.0940. The van der Waals surface area contributed by atoms with Gasteiger partial charge in [-0.25, -0.2) is 0 Å². The molecule has 0 radical (unpaired) electrons. The van der Waals surface area contributed by atoms with Crippen LogP contribution in [-0.2, 0) is 6.54 Å². The van der Waals surface area contributed by atoms with Crippen molar-refractivity contribution in [3.8, 4) is 0 Å². The van der Waals surface area contributed by atoms with Crippen LogP contribution in [-0.4, -0.2) is 15.5 Å². The second kappa shape index (κ2) is 5.56. The van der Waals surface area contributed by atoms with E-state index >= 15 is 0 Å². The summed E-state index contributed by atoms with van der Waals surface area (Å²) >= 11 is 0. The van der Waals surface area contributed by atoms with Gasteiger partial charge in [-0.15, -0.1) is 0 Å². The summed E-state index contributed by atoms with van der Waals surface area (Å²) < 4.78 is 1.87. The monoisotopic (exact) mass is 258 g/mol. The number of pyridine rings is 1.